The van der Waals surface area contributed by atoms with Gasteiger partial charge in [0, 0.05) is 17.5 Å². The van der Waals surface area contributed by atoms with E-state index in [1.165, 1.54) is 42.8 Å². The molecule has 1 aliphatic heterocycles. The zero-order chi connectivity index (χ0) is 12.8. The maximum atomic E-state index is 3.48. The van der Waals surface area contributed by atoms with Crippen molar-refractivity contribution in [3.05, 3.63) is 29.8 Å². The zero-order valence-electron chi connectivity index (χ0n) is 11.9. The minimum atomic E-state index is 0. The summed E-state index contributed by atoms with van der Waals surface area (Å²) in [7, 11) is 2.26. The lowest BCUT2D eigenvalue weighted by atomic mass is 10.1. The lowest BCUT2D eigenvalue weighted by molar-refractivity contribution is 0.216. The first kappa shape index (κ1) is 16.8. The molecule has 1 heterocycles. The molecule has 108 valence electrons. The number of hydrogen-bond donors (Lipinski definition) is 1. The van der Waals surface area contributed by atoms with Crippen LogP contribution >= 0.6 is 24.2 Å². The molecule has 1 aromatic rings. The molecule has 0 amide bonds. The van der Waals surface area contributed by atoms with Gasteiger partial charge in [0.05, 0.1) is 0 Å². The van der Waals surface area contributed by atoms with E-state index in [1.54, 1.807) is 11.8 Å². The highest BCUT2D eigenvalue weighted by molar-refractivity contribution is 7.98. The summed E-state index contributed by atoms with van der Waals surface area (Å²) in [5.74, 6) is 0. The highest BCUT2D eigenvalue weighted by Crippen LogP contribution is 2.18. The fourth-order valence-electron chi connectivity index (χ4n) is 2.59. The normalized spacial score (nSPS) is 19.8. The first-order valence-corrected chi connectivity index (χ1v) is 8.06. The number of nitrogens with one attached hydrogen (secondary N) is 1. The van der Waals surface area contributed by atoms with Crippen molar-refractivity contribution in [3.63, 3.8) is 0 Å². The Morgan fingerprint density at radius 1 is 1.21 bits per heavy atom. The molecule has 1 unspecified atom stereocenters. The quantitative estimate of drug-likeness (QED) is 0.858. The molecule has 1 saturated heterocycles. The maximum Gasteiger partial charge on any atom is 0.0233 e. The summed E-state index contributed by atoms with van der Waals surface area (Å²) in [6.07, 6.45) is 6.03. The molecule has 0 saturated carbocycles. The molecule has 1 atom stereocenters. The largest absolute Gasteiger partial charge is 0.317 e. The molecule has 0 aliphatic carbocycles. The first-order valence-electron chi connectivity index (χ1n) is 6.83. The zero-order valence-corrected chi connectivity index (χ0v) is 13.5. The van der Waals surface area contributed by atoms with E-state index in [1.807, 2.05) is 0 Å². The van der Waals surface area contributed by atoms with Crippen LogP contribution in [-0.4, -0.2) is 37.3 Å². The highest BCUT2D eigenvalue weighted by Gasteiger charge is 2.16. The Morgan fingerprint density at radius 3 is 2.63 bits per heavy atom. The van der Waals surface area contributed by atoms with Crippen LogP contribution in [0.1, 0.15) is 24.8 Å². The molecule has 4 heteroatoms. The fourth-order valence-corrected chi connectivity index (χ4v) is 3.00. The Balaban J connectivity index is 0.00000180. The number of thioether (sulfide) groups is 1. The summed E-state index contributed by atoms with van der Waals surface area (Å²) in [5, 5.41) is 3.48. The van der Waals surface area contributed by atoms with Gasteiger partial charge in [0.25, 0.3) is 0 Å². The monoisotopic (exact) mass is 300 g/mol. The molecule has 19 heavy (non-hydrogen) atoms. The van der Waals surface area contributed by atoms with Gasteiger partial charge in [-0.15, -0.1) is 24.2 Å². The predicted molar refractivity (Wildman–Crippen MR) is 87.4 cm³/mol. The van der Waals surface area contributed by atoms with Crippen LogP contribution in [0.4, 0.5) is 0 Å². The van der Waals surface area contributed by atoms with Crippen molar-refractivity contribution in [1.82, 2.24) is 10.2 Å². The SMILES string of the molecule is CSc1ccc(CN(C)C2CCCNCC2)cc1.Cl. The molecule has 0 bridgehead atoms. The topological polar surface area (TPSA) is 15.3 Å². The highest BCUT2D eigenvalue weighted by atomic mass is 35.5. The van der Waals surface area contributed by atoms with Crippen molar-refractivity contribution in [1.29, 1.82) is 0 Å². The molecule has 1 aliphatic rings. The van der Waals surface area contributed by atoms with Gasteiger partial charge in [0.1, 0.15) is 0 Å². The van der Waals surface area contributed by atoms with Gasteiger partial charge in [-0.25, -0.2) is 0 Å². The molecule has 1 fully saturated rings. The third-order valence-corrected chi connectivity index (χ3v) is 4.50. The van der Waals surface area contributed by atoms with Crippen LogP contribution in [0.5, 0.6) is 0 Å². The average molecular weight is 301 g/mol. The molecule has 0 aromatic heterocycles. The molecule has 2 rings (SSSR count). The molecular weight excluding hydrogens is 276 g/mol. The summed E-state index contributed by atoms with van der Waals surface area (Å²) in [6.45, 7) is 3.42. The maximum absolute atomic E-state index is 3.48. The van der Waals surface area contributed by atoms with Crippen molar-refractivity contribution in [2.24, 2.45) is 0 Å². The van der Waals surface area contributed by atoms with E-state index >= 15 is 0 Å². The Morgan fingerprint density at radius 2 is 1.95 bits per heavy atom. The van der Waals surface area contributed by atoms with Gasteiger partial charge in [0.2, 0.25) is 0 Å². The number of rotatable bonds is 4. The Labute approximate surface area is 127 Å². The van der Waals surface area contributed by atoms with Crippen LogP contribution in [0.2, 0.25) is 0 Å². The Bertz CT molecular complexity index is 348. The minimum absolute atomic E-state index is 0. The van der Waals surface area contributed by atoms with Gasteiger partial charge in [0.15, 0.2) is 0 Å². The second kappa shape index (κ2) is 8.85. The number of hydrogen-bond acceptors (Lipinski definition) is 3. The third kappa shape index (κ3) is 5.35. The molecule has 1 aromatic carbocycles. The standard InChI is InChI=1S/C15H24N2S.ClH/c1-17(14-4-3-10-16-11-9-14)12-13-5-7-15(18-2)8-6-13;/h5-8,14,16H,3-4,9-12H2,1-2H3;1H. The Hall–Kier alpha value is -0.220. The summed E-state index contributed by atoms with van der Waals surface area (Å²) in [4.78, 5) is 3.86. The third-order valence-electron chi connectivity index (χ3n) is 3.76. The van der Waals surface area contributed by atoms with Gasteiger partial charge in [-0.05, 0) is 63.4 Å². The molecular formula is C15H25ClN2S. The number of benzene rings is 1. The van der Waals surface area contributed by atoms with Gasteiger partial charge in [-0.2, -0.15) is 0 Å². The summed E-state index contributed by atoms with van der Waals surface area (Å²) < 4.78 is 0. The average Bonchev–Trinajstić information content (AvgIpc) is 2.68. The number of halogens is 1. The van der Waals surface area contributed by atoms with E-state index in [-0.39, 0.29) is 12.4 Å². The molecule has 0 radical (unpaired) electrons. The molecule has 1 N–H and O–H groups in total. The second-order valence-electron chi connectivity index (χ2n) is 5.10. The van der Waals surface area contributed by atoms with Crippen LogP contribution in [0.25, 0.3) is 0 Å². The van der Waals surface area contributed by atoms with Crippen molar-refractivity contribution in [2.75, 3.05) is 26.4 Å². The van der Waals surface area contributed by atoms with E-state index in [0.29, 0.717) is 0 Å². The number of nitrogens with zero attached hydrogens (tertiary/aromatic N) is 1. The first-order chi connectivity index (χ1) is 8.79. The van der Waals surface area contributed by atoms with Crippen LogP contribution < -0.4 is 5.32 Å². The van der Waals surface area contributed by atoms with E-state index in [9.17, 15) is 0 Å². The fraction of sp³-hybridized carbons (Fsp3) is 0.600. The van der Waals surface area contributed by atoms with E-state index in [0.717, 1.165) is 12.6 Å². The van der Waals surface area contributed by atoms with Gasteiger partial charge < -0.3 is 5.32 Å². The van der Waals surface area contributed by atoms with E-state index < -0.39 is 0 Å². The lowest BCUT2D eigenvalue weighted by Crippen LogP contribution is -2.31. The van der Waals surface area contributed by atoms with Crippen LogP contribution in [0.3, 0.4) is 0 Å². The smallest absolute Gasteiger partial charge is 0.0233 e. The van der Waals surface area contributed by atoms with Gasteiger partial charge in [-0.3, -0.25) is 4.90 Å². The minimum Gasteiger partial charge on any atom is -0.317 e. The Kier molecular flexibility index (Phi) is 7.84. The molecule has 0 spiro atoms. The summed E-state index contributed by atoms with van der Waals surface area (Å²) in [5.41, 5.74) is 1.42. The molecule has 2 nitrogen and oxygen atoms in total. The van der Waals surface area contributed by atoms with Crippen molar-refractivity contribution in [3.8, 4) is 0 Å². The second-order valence-corrected chi connectivity index (χ2v) is 5.98. The van der Waals surface area contributed by atoms with Crippen molar-refractivity contribution >= 4 is 24.2 Å². The van der Waals surface area contributed by atoms with Crippen LogP contribution in [-0.2, 0) is 6.54 Å². The van der Waals surface area contributed by atoms with Gasteiger partial charge >= 0.3 is 0 Å². The summed E-state index contributed by atoms with van der Waals surface area (Å²) >= 11 is 1.81. The van der Waals surface area contributed by atoms with Crippen LogP contribution in [0.15, 0.2) is 29.2 Å². The lowest BCUT2D eigenvalue weighted by Gasteiger charge is -2.26. The predicted octanol–water partition coefficient (Wildman–Crippen LogP) is 3.40. The van der Waals surface area contributed by atoms with E-state index in [2.05, 4.69) is 47.8 Å². The van der Waals surface area contributed by atoms with Crippen LogP contribution in [0, 0.1) is 0 Å². The van der Waals surface area contributed by atoms with Crippen molar-refractivity contribution < 1.29 is 0 Å². The van der Waals surface area contributed by atoms with E-state index in [4.69, 9.17) is 0 Å². The summed E-state index contributed by atoms with van der Waals surface area (Å²) in [6, 6.07) is 9.71. The van der Waals surface area contributed by atoms with Crippen molar-refractivity contribution in [2.45, 2.75) is 36.7 Å². The van der Waals surface area contributed by atoms with Gasteiger partial charge in [-0.1, -0.05) is 12.1 Å².